The van der Waals surface area contributed by atoms with Gasteiger partial charge in [0.1, 0.15) is 0 Å². The van der Waals surface area contributed by atoms with E-state index in [1.165, 1.54) is 0 Å². The third kappa shape index (κ3) is 3.09. The molecule has 0 spiro atoms. The number of carbonyl (C=O) groups excluding carboxylic acids is 1. The van der Waals surface area contributed by atoms with E-state index in [2.05, 4.69) is 13.9 Å². The highest BCUT2D eigenvalue weighted by Crippen LogP contribution is 2.25. The van der Waals surface area contributed by atoms with E-state index in [1.807, 2.05) is 0 Å². The quantitative estimate of drug-likeness (QED) is 0.470. The van der Waals surface area contributed by atoms with Gasteiger partial charge >= 0.3 is 21.6 Å². The molecule has 0 unspecified atom stereocenters. The zero-order chi connectivity index (χ0) is 14.0. The van der Waals surface area contributed by atoms with Gasteiger partial charge in [-0.2, -0.15) is 21.6 Å². The van der Waals surface area contributed by atoms with Gasteiger partial charge in [0.15, 0.2) is 0 Å². The minimum Gasteiger partial charge on any atom is -0.465 e. The van der Waals surface area contributed by atoms with E-state index in [4.69, 9.17) is 0 Å². The predicted molar refractivity (Wildman–Crippen MR) is 51.2 cm³/mol. The number of ether oxygens (including phenoxy) is 1. The van der Waals surface area contributed by atoms with Crippen molar-refractivity contribution in [2.45, 2.75) is 5.51 Å². The lowest BCUT2D eigenvalue weighted by Crippen LogP contribution is -2.28. The Balaban J connectivity index is 2.92. The lowest BCUT2D eigenvalue weighted by Gasteiger charge is -2.08. The fraction of sp³-hybridized carbons (Fsp3) is 0.250. The first-order valence-corrected chi connectivity index (χ1v) is 5.63. The number of methoxy groups -OCH3 is 1. The van der Waals surface area contributed by atoms with Crippen LogP contribution in [0.2, 0.25) is 0 Å². The van der Waals surface area contributed by atoms with Crippen LogP contribution in [0.5, 0.6) is 5.88 Å². The molecule has 1 aromatic heterocycles. The summed E-state index contributed by atoms with van der Waals surface area (Å²) < 4.78 is 65.2. The molecule has 1 rings (SSSR count). The Labute approximate surface area is 99.5 Å². The fourth-order valence-electron chi connectivity index (χ4n) is 0.828. The van der Waals surface area contributed by atoms with Gasteiger partial charge in [0, 0.05) is 12.3 Å². The molecule has 0 aromatic carbocycles. The summed E-state index contributed by atoms with van der Waals surface area (Å²) in [6.45, 7) is 0. The van der Waals surface area contributed by atoms with Gasteiger partial charge < -0.3 is 8.92 Å². The molecule has 0 aliphatic heterocycles. The van der Waals surface area contributed by atoms with Gasteiger partial charge in [-0.3, -0.25) is 0 Å². The highest BCUT2D eigenvalue weighted by atomic mass is 32.2. The van der Waals surface area contributed by atoms with Crippen molar-refractivity contribution in [3.63, 3.8) is 0 Å². The zero-order valence-corrected chi connectivity index (χ0v) is 9.58. The second-order valence-electron chi connectivity index (χ2n) is 2.86. The Hall–Kier alpha value is -1.84. The van der Waals surface area contributed by atoms with Crippen LogP contribution in [-0.4, -0.2) is 32.0 Å². The van der Waals surface area contributed by atoms with E-state index < -0.39 is 27.5 Å². The van der Waals surface area contributed by atoms with E-state index in [1.54, 1.807) is 0 Å². The summed E-state index contributed by atoms with van der Waals surface area (Å²) in [5, 5.41) is 0. The number of hydrogen-bond acceptors (Lipinski definition) is 6. The summed E-state index contributed by atoms with van der Waals surface area (Å²) in [7, 11) is -4.67. The molecule has 0 bridgehead atoms. The van der Waals surface area contributed by atoms with Gasteiger partial charge in [-0.15, -0.1) is 0 Å². The topological polar surface area (TPSA) is 82.6 Å². The molecule has 10 heteroatoms. The first kappa shape index (κ1) is 14.2. The van der Waals surface area contributed by atoms with Crippen LogP contribution in [0.25, 0.3) is 0 Å². The first-order chi connectivity index (χ1) is 8.17. The number of hydrogen-bond donors (Lipinski definition) is 0. The molecule has 0 aliphatic rings. The number of aromatic nitrogens is 1. The van der Waals surface area contributed by atoms with Crippen molar-refractivity contribution in [2.75, 3.05) is 7.11 Å². The predicted octanol–water partition coefficient (Wildman–Crippen LogP) is 1.10. The van der Waals surface area contributed by atoms with Gasteiger partial charge in [0.2, 0.25) is 5.88 Å². The van der Waals surface area contributed by atoms with Crippen molar-refractivity contribution < 1.29 is 35.3 Å². The Kier molecular flexibility index (Phi) is 3.79. The van der Waals surface area contributed by atoms with E-state index in [-0.39, 0.29) is 5.56 Å². The Morgan fingerprint density at radius 3 is 2.33 bits per heavy atom. The summed E-state index contributed by atoms with van der Waals surface area (Å²) in [6, 6.07) is 1.82. The van der Waals surface area contributed by atoms with E-state index in [0.29, 0.717) is 0 Å². The number of alkyl halides is 3. The molecule has 0 saturated heterocycles. The monoisotopic (exact) mass is 285 g/mol. The van der Waals surface area contributed by atoms with Gasteiger partial charge in [-0.1, -0.05) is 0 Å². The summed E-state index contributed by atoms with van der Waals surface area (Å²) in [5.41, 5.74) is -5.61. The van der Waals surface area contributed by atoms with E-state index in [9.17, 15) is 26.4 Å². The standard InChI is InChI=1S/C8H6F3NO5S/c1-16-7(13)5-2-3-6(12-4-5)17-18(14,15)8(9,10)11/h2-4H,1H3. The van der Waals surface area contributed by atoms with Crippen LogP contribution >= 0.6 is 0 Å². The molecule has 100 valence electrons. The molecule has 0 amide bonds. The van der Waals surface area contributed by atoms with Crippen LogP contribution < -0.4 is 4.18 Å². The molecule has 0 aliphatic carbocycles. The third-order valence-electron chi connectivity index (χ3n) is 1.64. The lowest BCUT2D eigenvalue weighted by atomic mass is 10.3. The number of nitrogens with zero attached hydrogens (tertiary/aromatic N) is 1. The van der Waals surface area contributed by atoms with Crippen molar-refractivity contribution >= 4 is 16.1 Å². The smallest absolute Gasteiger partial charge is 0.465 e. The van der Waals surface area contributed by atoms with Crippen LogP contribution in [0, 0.1) is 0 Å². The number of halogens is 3. The molecule has 0 atom stereocenters. The van der Waals surface area contributed by atoms with Gasteiger partial charge in [-0.25, -0.2) is 9.78 Å². The number of esters is 1. The maximum atomic E-state index is 12.0. The average molecular weight is 285 g/mol. The molecule has 6 nitrogen and oxygen atoms in total. The van der Waals surface area contributed by atoms with Crippen molar-refractivity contribution in [2.24, 2.45) is 0 Å². The Bertz CT molecular complexity index is 537. The molecule has 18 heavy (non-hydrogen) atoms. The number of rotatable bonds is 3. The van der Waals surface area contributed by atoms with Crippen LogP contribution in [-0.2, 0) is 14.9 Å². The van der Waals surface area contributed by atoms with Crippen molar-refractivity contribution in [1.82, 2.24) is 4.98 Å². The van der Waals surface area contributed by atoms with Crippen LogP contribution in [0.3, 0.4) is 0 Å². The van der Waals surface area contributed by atoms with Gasteiger partial charge in [-0.05, 0) is 6.07 Å². The fourth-order valence-corrected chi connectivity index (χ4v) is 1.25. The molecular formula is C8H6F3NO5S. The summed E-state index contributed by atoms with van der Waals surface area (Å²) >= 11 is 0. The van der Waals surface area contributed by atoms with E-state index in [0.717, 1.165) is 25.4 Å². The molecule has 0 fully saturated rings. The normalized spacial score (nSPS) is 12.0. The summed E-state index contributed by atoms with van der Waals surface area (Å²) in [6.07, 6.45) is 0.826. The van der Waals surface area contributed by atoms with Crippen LogP contribution in [0.4, 0.5) is 13.2 Å². The first-order valence-electron chi connectivity index (χ1n) is 4.22. The van der Waals surface area contributed by atoms with Crippen molar-refractivity contribution in [3.8, 4) is 5.88 Å². The van der Waals surface area contributed by atoms with Crippen LogP contribution in [0.1, 0.15) is 10.4 Å². The summed E-state index contributed by atoms with van der Waals surface area (Å²) in [4.78, 5) is 14.2. The largest absolute Gasteiger partial charge is 0.534 e. The molecular weight excluding hydrogens is 279 g/mol. The lowest BCUT2D eigenvalue weighted by molar-refractivity contribution is -0.0501. The average Bonchev–Trinajstić information content (AvgIpc) is 2.27. The number of carbonyl (C=O) groups is 1. The third-order valence-corrected chi connectivity index (χ3v) is 2.59. The second-order valence-corrected chi connectivity index (χ2v) is 4.40. The second kappa shape index (κ2) is 4.80. The SMILES string of the molecule is COC(=O)c1ccc(OS(=O)(=O)C(F)(F)F)nc1. The minimum absolute atomic E-state index is 0.0609. The summed E-state index contributed by atoms with van der Waals surface area (Å²) in [5.74, 6) is -1.58. The van der Waals surface area contributed by atoms with Gasteiger partial charge in [0.25, 0.3) is 0 Å². The molecule has 0 radical (unpaired) electrons. The Morgan fingerprint density at radius 1 is 1.33 bits per heavy atom. The van der Waals surface area contributed by atoms with Crippen molar-refractivity contribution in [1.29, 1.82) is 0 Å². The zero-order valence-electron chi connectivity index (χ0n) is 8.76. The molecule has 1 aromatic rings. The van der Waals surface area contributed by atoms with E-state index >= 15 is 0 Å². The molecule has 0 N–H and O–H groups in total. The maximum Gasteiger partial charge on any atom is 0.534 e. The maximum absolute atomic E-state index is 12.0. The minimum atomic E-state index is -5.77. The molecule has 1 heterocycles. The van der Waals surface area contributed by atoms with Crippen LogP contribution in [0.15, 0.2) is 18.3 Å². The van der Waals surface area contributed by atoms with Crippen molar-refractivity contribution in [3.05, 3.63) is 23.9 Å². The molecule has 0 saturated carbocycles. The van der Waals surface area contributed by atoms with Gasteiger partial charge in [0.05, 0.1) is 12.7 Å². The number of pyridine rings is 1. The highest BCUT2D eigenvalue weighted by molar-refractivity contribution is 7.87. The Morgan fingerprint density at radius 2 is 1.94 bits per heavy atom. The highest BCUT2D eigenvalue weighted by Gasteiger charge is 2.48.